The number of rotatable bonds is 2. The van der Waals surface area contributed by atoms with Crippen LogP contribution in [0.15, 0.2) is 30.5 Å². The molecule has 0 radical (unpaired) electrons. The Bertz CT molecular complexity index is 503. The molecule has 3 nitrogen and oxygen atoms in total. The minimum atomic E-state index is 0.452. The standard InChI is InChI=1S/C12H14IN3/c1-8(2)11-5-6-16(15-11)12-4-3-9(14)7-10(12)13/h3-8H,14H2,1-2H3. The smallest absolute Gasteiger partial charge is 0.0780 e. The fourth-order valence-electron chi connectivity index (χ4n) is 1.49. The number of nitrogen functional groups attached to an aromatic ring is 1. The van der Waals surface area contributed by atoms with Gasteiger partial charge in [0, 0.05) is 15.5 Å². The molecule has 2 rings (SSSR count). The van der Waals surface area contributed by atoms with E-state index in [1.54, 1.807) is 0 Å². The topological polar surface area (TPSA) is 43.8 Å². The number of hydrogen-bond acceptors (Lipinski definition) is 2. The molecular weight excluding hydrogens is 313 g/mol. The SMILES string of the molecule is CC(C)c1ccn(-c2ccc(N)cc2I)n1. The lowest BCUT2D eigenvalue weighted by molar-refractivity contribution is 0.767. The van der Waals surface area contributed by atoms with Gasteiger partial charge in [0.25, 0.3) is 0 Å². The highest BCUT2D eigenvalue weighted by Crippen LogP contribution is 2.20. The average molecular weight is 327 g/mol. The highest BCUT2D eigenvalue weighted by Gasteiger charge is 2.07. The van der Waals surface area contributed by atoms with E-state index in [4.69, 9.17) is 5.73 Å². The zero-order chi connectivity index (χ0) is 11.7. The molecule has 16 heavy (non-hydrogen) atoms. The molecule has 2 N–H and O–H groups in total. The summed E-state index contributed by atoms with van der Waals surface area (Å²) in [6.07, 6.45) is 1.99. The summed E-state index contributed by atoms with van der Waals surface area (Å²) in [5.74, 6) is 0.452. The van der Waals surface area contributed by atoms with Gasteiger partial charge in [-0.05, 0) is 52.8 Å². The van der Waals surface area contributed by atoms with Crippen LogP contribution in [0.3, 0.4) is 0 Å². The summed E-state index contributed by atoms with van der Waals surface area (Å²) in [4.78, 5) is 0. The summed E-state index contributed by atoms with van der Waals surface area (Å²) in [6, 6.07) is 7.90. The first-order valence-corrected chi connectivity index (χ1v) is 6.27. The van der Waals surface area contributed by atoms with Crippen LogP contribution in [0.1, 0.15) is 25.5 Å². The van der Waals surface area contributed by atoms with Crippen LogP contribution >= 0.6 is 22.6 Å². The first-order chi connectivity index (χ1) is 7.58. The lowest BCUT2D eigenvalue weighted by atomic mass is 10.1. The van der Waals surface area contributed by atoms with Crippen molar-refractivity contribution in [3.63, 3.8) is 0 Å². The van der Waals surface area contributed by atoms with Crippen molar-refractivity contribution in [3.05, 3.63) is 39.7 Å². The zero-order valence-electron chi connectivity index (χ0n) is 9.31. The van der Waals surface area contributed by atoms with Gasteiger partial charge >= 0.3 is 0 Å². The van der Waals surface area contributed by atoms with E-state index in [1.165, 1.54) is 0 Å². The van der Waals surface area contributed by atoms with Crippen molar-refractivity contribution in [1.29, 1.82) is 0 Å². The molecule has 0 fully saturated rings. The summed E-state index contributed by atoms with van der Waals surface area (Å²) in [7, 11) is 0. The van der Waals surface area contributed by atoms with Crippen LogP contribution in [0.5, 0.6) is 0 Å². The van der Waals surface area contributed by atoms with E-state index in [0.717, 1.165) is 20.6 Å². The molecule has 0 saturated heterocycles. The Morgan fingerprint density at radius 3 is 2.62 bits per heavy atom. The predicted octanol–water partition coefficient (Wildman–Crippen LogP) is 3.18. The van der Waals surface area contributed by atoms with Gasteiger partial charge in [-0.1, -0.05) is 13.8 Å². The molecule has 4 heteroatoms. The van der Waals surface area contributed by atoms with Crippen LogP contribution in [0.4, 0.5) is 5.69 Å². The second-order valence-corrected chi connectivity index (χ2v) is 5.21. The van der Waals surface area contributed by atoms with Crippen molar-refractivity contribution in [1.82, 2.24) is 9.78 Å². The molecule has 0 spiro atoms. The van der Waals surface area contributed by atoms with E-state index in [2.05, 4.69) is 47.6 Å². The summed E-state index contributed by atoms with van der Waals surface area (Å²) < 4.78 is 3.01. The van der Waals surface area contributed by atoms with Gasteiger partial charge in [0.05, 0.1) is 11.4 Å². The molecule has 0 aliphatic rings. The lowest BCUT2D eigenvalue weighted by Gasteiger charge is -2.05. The van der Waals surface area contributed by atoms with E-state index < -0.39 is 0 Å². The highest BCUT2D eigenvalue weighted by molar-refractivity contribution is 14.1. The molecule has 0 unspecified atom stereocenters. The average Bonchev–Trinajstić information content (AvgIpc) is 2.66. The van der Waals surface area contributed by atoms with Crippen molar-refractivity contribution in [2.75, 3.05) is 5.73 Å². The third-order valence-corrected chi connectivity index (χ3v) is 3.28. The second-order valence-electron chi connectivity index (χ2n) is 4.05. The number of aromatic nitrogens is 2. The summed E-state index contributed by atoms with van der Waals surface area (Å²) in [5, 5.41) is 4.54. The van der Waals surface area contributed by atoms with Gasteiger partial charge in [-0.15, -0.1) is 0 Å². The Balaban J connectivity index is 2.42. The third kappa shape index (κ3) is 2.21. The molecule has 0 saturated carbocycles. The Kier molecular flexibility index (Phi) is 3.18. The second kappa shape index (κ2) is 4.45. The van der Waals surface area contributed by atoms with E-state index in [1.807, 2.05) is 29.1 Å². The van der Waals surface area contributed by atoms with Crippen molar-refractivity contribution in [2.45, 2.75) is 19.8 Å². The monoisotopic (exact) mass is 327 g/mol. The number of benzene rings is 1. The molecular formula is C12H14IN3. The van der Waals surface area contributed by atoms with Gasteiger partial charge in [0.2, 0.25) is 0 Å². The Labute approximate surface area is 109 Å². The zero-order valence-corrected chi connectivity index (χ0v) is 11.5. The molecule has 0 atom stereocenters. The molecule has 1 heterocycles. The maximum atomic E-state index is 5.72. The molecule has 1 aromatic carbocycles. The largest absolute Gasteiger partial charge is 0.399 e. The predicted molar refractivity (Wildman–Crippen MR) is 74.8 cm³/mol. The molecule has 2 aromatic rings. The fraction of sp³-hybridized carbons (Fsp3) is 0.250. The normalized spacial score (nSPS) is 11.0. The molecule has 0 amide bonds. The van der Waals surface area contributed by atoms with Gasteiger partial charge in [0.15, 0.2) is 0 Å². The Morgan fingerprint density at radius 2 is 2.06 bits per heavy atom. The molecule has 0 aliphatic heterocycles. The third-order valence-electron chi connectivity index (χ3n) is 2.42. The quantitative estimate of drug-likeness (QED) is 0.680. The number of anilines is 1. The van der Waals surface area contributed by atoms with Crippen molar-refractivity contribution >= 4 is 28.3 Å². The lowest BCUT2D eigenvalue weighted by Crippen LogP contribution is -2.00. The van der Waals surface area contributed by atoms with E-state index in [0.29, 0.717) is 5.92 Å². The maximum absolute atomic E-state index is 5.72. The van der Waals surface area contributed by atoms with Crippen LogP contribution < -0.4 is 5.73 Å². The van der Waals surface area contributed by atoms with Crippen LogP contribution in [0.2, 0.25) is 0 Å². The number of nitrogens with two attached hydrogens (primary N) is 1. The van der Waals surface area contributed by atoms with E-state index in [9.17, 15) is 0 Å². The summed E-state index contributed by atoms with van der Waals surface area (Å²) >= 11 is 2.28. The first kappa shape index (κ1) is 11.4. The first-order valence-electron chi connectivity index (χ1n) is 5.19. The van der Waals surface area contributed by atoms with Crippen molar-refractivity contribution in [2.24, 2.45) is 0 Å². The highest BCUT2D eigenvalue weighted by atomic mass is 127. The molecule has 84 valence electrons. The van der Waals surface area contributed by atoms with E-state index >= 15 is 0 Å². The Morgan fingerprint density at radius 1 is 1.31 bits per heavy atom. The van der Waals surface area contributed by atoms with E-state index in [-0.39, 0.29) is 0 Å². The van der Waals surface area contributed by atoms with Gasteiger partial charge in [-0.3, -0.25) is 0 Å². The fourth-order valence-corrected chi connectivity index (χ4v) is 2.28. The molecule has 0 bridgehead atoms. The molecule has 1 aromatic heterocycles. The maximum Gasteiger partial charge on any atom is 0.0780 e. The molecule has 0 aliphatic carbocycles. The van der Waals surface area contributed by atoms with Gasteiger partial charge in [0.1, 0.15) is 0 Å². The minimum Gasteiger partial charge on any atom is -0.399 e. The van der Waals surface area contributed by atoms with Gasteiger partial charge in [-0.2, -0.15) is 5.10 Å². The van der Waals surface area contributed by atoms with Crippen molar-refractivity contribution < 1.29 is 0 Å². The summed E-state index contributed by atoms with van der Waals surface area (Å²) in [5.41, 5.74) is 8.68. The summed E-state index contributed by atoms with van der Waals surface area (Å²) in [6.45, 7) is 4.28. The van der Waals surface area contributed by atoms with Crippen LogP contribution in [0, 0.1) is 3.57 Å². The van der Waals surface area contributed by atoms with Crippen molar-refractivity contribution in [3.8, 4) is 5.69 Å². The minimum absolute atomic E-state index is 0.452. The van der Waals surface area contributed by atoms with Crippen LogP contribution in [-0.2, 0) is 0 Å². The van der Waals surface area contributed by atoms with Gasteiger partial charge in [-0.25, -0.2) is 4.68 Å². The van der Waals surface area contributed by atoms with Gasteiger partial charge < -0.3 is 5.73 Å². The van der Waals surface area contributed by atoms with Crippen LogP contribution in [0.25, 0.3) is 5.69 Å². The Hall–Kier alpha value is -1.04. The number of halogens is 1. The van der Waals surface area contributed by atoms with Crippen LogP contribution in [-0.4, -0.2) is 9.78 Å². The number of hydrogen-bond donors (Lipinski definition) is 1. The number of nitrogens with zero attached hydrogens (tertiary/aromatic N) is 2.